The van der Waals surface area contributed by atoms with Crippen molar-refractivity contribution >= 4 is 86.3 Å². The van der Waals surface area contributed by atoms with E-state index in [2.05, 4.69) is 50.3 Å². The van der Waals surface area contributed by atoms with Crippen molar-refractivity contribution in [2.24, 2.45) is 18.0 Å². The van der Waals surface area contributed by atoms with Crippen molar-refractivity contribution in [2.75, 3.05) is 57.2 Å². The van der Waals surface area contributed by atoms with Crippen LogP contribution >= 0.6 is 34.5 Å². The number of aliphatic imine (C=N–C) groups is 1. The summed E-state index contributed by atoms with van der Waals surface area (Å²) >= 11 is 14.5. The lowest BCUT2D eigenvalue weighted by molar-refractivity contribution is -0.125. The molecule has 21 heteroatoms. The molecule has 1 atom stereocenters. The molecule has 0 aliphatic carbocycles. The summed E-state index contributed by atoms with van der Waals surface area (Å²) in [5.41, 5.74) is 4.57. The van der Waals surface area contributed by atoms with Crippen LogP contribution < -0.4 is 41.2 Å². The summed E-state index contributed by atoms with van der Waals surface area (Å²) in [7, 11) is 4.60. The molecular weight excluding hydrogens is 944 g/mol. The van der Waals surface area contributed by atoms with Gasteiger partial charge in [0.15, 0.2) is 24.0 Å². The number of aromatic nitrogens is 6. The number of fused-ring (bicyclic) bond motifs is 4. The quantitative estimate of drug-likeness (QED) is 0.0705. The van der Waals surface area contributed by atoms with Crippen LogP contribution in [0.3, 0.4) is 0 Å². The molecule has 1 saturated heterocycles. The van der Waals surface area contributed by atoms with Gasteiger partial charge in [0, 0.05) is 84.4 Å². The van der Waals surface area contributed by atoms with Crippen LogP contribution in [0.5, 0.6) is 11.5 Å². The maximum Gasteiger partial charge on any atom is 0.293 e. The largest absolute Gasteiger partial charge is 0.494 e. The highest BCUT2D eigenvalue weighted by atomic mass is 35.5. The lowest BCUT2D eigenvalue weighted by atomic mass is 9.96. The number of hydrogen-bond donors (Lipinski definition) is 4. The molecule has 0 spiro atoms. The van der Waals surface area contributed by atoms with Crippen molar-refractivity contribution in [1.82, 2.24) is 45.2 Å². The summed E-state index contributed by atoms with van der Waals surface area (Å²) in [4.78, 5) is 69.1. The number of benzene rings is 2. The van der Waals surface area contributed by atoms with Gasteiger partial charge in [-0.3, -0.25) is 28.7 Å². The van der Waals surface area contributed by atoms with Crippen molar-refractivity contribution in [1.29, 1.82) is 0 Å². The minimum atomic E-state index is -0.543. The van der Waals surface area contributed by atoms with Crippen LogP contribution in [0.25, 0.3) is 15.9 Å². The monoisotopic (exact) mass is 996 g/mol. The van der Waals surface area contributed by atoms with Crippen molar-refractivity contribution < 1.29 is 23.9 Å². The third kappa shape index (κ3) is 10.7. The van der Waals surface area contributed by atoms with Gasteiger partial charge in [-0.05, 0) is 82.7 Å². The van der Waals surface area contributed by atoms with E-state index >= 15 is 0 Å². The van der Waals surface area contributed by atoms with E-state index in [1.54, 1.807) is 36.6 Å². The number of rotatable bonds is 17. The summed E-state index contributed by atoms with van der Waals surface area (Å²) in [6.07, 6.45) is 5.29. The molecule has 6 heterocycles. The molecule has 2 aliphatic rings. The molecule has 362 valence electrons. The van der Waals surface area contributed by atoms with Gasteiger partial charge in [-0.2, -0.15) is 4.98 Å². The molecule has 18 nitrogen and oxygen atoms in total. The second-order valence-corrected chi connectivity index (χ2v) is 19.1. The van der Waals surface area contributed by atoms with E-state index < -0.39 is 11.6 Å². The second kappa shape index (κ2) is 21.4. The zero-order valence-corrected chi connectivity index (χ0v) is 41.6. The van der Waals surface area contributed by atoms with E-state index in [1.807, 2.05) is 40.7 Å². The SMILES string of the molecule is CNC(=O)COc1cc2cc(Nc3nc(N4CCC(C(=O)NCCCCCNC(=O)C[C@@H]5N=C(c6ccc(Cl)cc6)c6c(sc(C)c6C)-n6c(C)nnc65)CC4)ncc3Cl)cc(OC)c2n(C)c1=O. The number of thiophene rings is 1. The number of piperidine rings is 1. The van der Waals surface area contributed by atoms with Gasteiger partial charge in [-0.1, -0.05) is 35.3 Å². The number of nitrogens with one attached hydrogen (secondary N) is 4. The number of hydrogen-bond acceptors (Lipinski definition) is 14. The van der Waals surface area contributed by atoms with E-state index in [-0.39, 0.29) is 42.4 Å². The van der Waals surface area contributed by atoms with Crippen LogP contribution in [0.1, 0.15) is 77.8 Å². The fourth-order valence-corrected chi connectivity index (χ4v) is 10.1. The average Bonchev–Trinajstić information content (AvgIpc) is 3.83. The molecule has 8 rings (SSSR count). The zero-order valence-electron chi connectivity index (χ0n) is 39.2. The number of pyridine rings is 1. The first kappa shape index (κ1) is 48.9. The fraction of sp³-hybridized carbons (Fsp3) is 0.396. The third-order valence-corrected chi connectivity index (χ3v) is 14.2. The lowest BCUT2D eigenvalue weighted by Gasteiger charge is -2.31. The van der Waals surface area contributed by atoms with Crippen LogP contribution in [0, 0.1) is 26.7 Å². The Morgan fingerprint density at radius 1 is 0.928 bits per heavy atom. The molecule has 2 aliphatic heterocycles. The molecule has 1 fully saturated rings. The summed E-state index contributed by atoms with van der Waals surface area (Å²) in [5.74, 6) is 2.04. The predicted molar refractivity (Wildman–Crippen MR) is 268 cm³/mol. The Morgan fingerprint density at radius 3 is 2.39 bits per heavy atom. The Kier molecular flexibility index (Phi) is 15.1. The van der Waals surface area contributed by atoms with Gasteiger partial charge < -0.3 is 40.2 Å². The number of unbranched alkanes of at least 4 members (excludes halogenated alkanes) is 2. The van der Waals surface area contributed by atoms with Crippen molar-refractivity contribution in [2.45, 2.75) is 65.3 Å². The van der Waals surface area contributed by atoms with Gasteiger partial charge in [0.1, 0.15) is 27.6 Å². The van der Waals surface area contributed by atoms with Gasteiger partial charge in [0.05, 0.1) is 31.0 Å². The fourth-order valence-electron chi connectivity index (χ4n) is 8.58. The Hall–Kier alpha value is -6.57. The number of ether oxygens (including phenoxy) is 2. The topological polar surface area (TPSA) is 212 Å². The summed E-state index contributed by atoms with van der Waals surface area (Å²) < 4.78 is 14.6. The minimum absolute atomic E-state index is 0.0135. The normalized spacial score (nSPS) is 14.6. The smallest absolute Gasteiger partial charge is 0.293 e. The average molecular weight is 998 g/mol. The number of anilines is 3. The zero-order chi connectivity index (χ0) is 48.9. The standard InChI is InChI=1S/C48H54Cl2N12O6S/c1-26-27(2)69-47-40(26)41(29-10-12-32(49)13-11-29)56-35(44-59-58-28(3)62(44)47)23-38(63)52-16-8-7-9-17-53-45(65)30-14-18-61(19-15-30)48-54-24-34(50)43(57-48)55-33-20-31-21-37(68-25-39(64)51-4)46(66)60(5)42(31)36(22-33)67-6/h10-13,20-22,24,30,35H,7-9,14-19,23,25H2,1-6H3,(H,51,64)(H,52,63)(H,53,65)(H,54,55,57)/t35-/m0/s1. The van der Waals surface area contributed by atoms with Crippen molar-refractivity contribution in [3.63, 3.8) is 0 Å². The summed E-state index contributed by atoms with van der Waals surface area (Å²) in [6, 6.07) is 12.2. The van der Waals surface area contributed by atoms with Gasteiger partial charge in [-0.15, -0.1) is 21.5 Å². The molecule has 0 bridgehead atoms. The van der Waals surface area contributed by atoms with Crippen molar-refractivity contribution in [3.8, 4) is 16.5 Å². The molecule has 4 N–H and O–H groups in total. The van der Waals surface area contributed by atoms with E-state index in [0.29, 0.717) is 89.0 Å². The predicted octanol–water partition coefficient (Wildman–Crippen LogP) is 6.68. The number of methoxy groups -OCH3 is 1. The Balaban J connectivity index is 0.798. The van der Waals surface area contributed by atoms with Crippen LogP contribution in [0.4, 0.5) is 17.5 Å². The van der Waals surface area contributed by atoms with Gasteiger partial charge >= 0.3 is 0 Å². The number of nitrogens with zero attached hydrogens (tertiary/aromatic N) is 8. The first-order valence-electron chi connectivity index (χ1n) is 22.7. The van der Waals surface area contributed by atoms with Gasteiger partial charge in [-0.25, -0.2) is 4.98 Å². The maximum absolute atomic E-state index is 13.4. The van der Waals surface area contributed by atoms with Crippen LogP contribution in [0.2, 0.25) is 10.0 Å². The van der Waals surface area contributed by atoms with E-state index in [4.69, 9.17) is 42.7 Å². The molecule has 2 aromatic carbocycles. The van der Waals surface area contributed by atoms with Crippen LogP contribution in [0.15, 0.2) is 58.4 Å². The first-order valence-corrected chi connectivity index (χ1v) is 24.3. The van der Waals surface area contributed by atoms with Crippen LogP contribution in [-0.2, 0) is 21.4 Å². The highest BCUT2D eigenvalue weighted by molar-refractivity contribution is 7.15. The Bertz CT molecular complexity index is 3000. The number of halogens is 2. The molecule has 4 aromatic heterocycles. The second-order valence-electron chi connectivity index (χ2n) is 17.0. The number of carbonyl (C=O) groups excluding carboxylic acids is 3. The first-order chi connectivity index (χ1) is 33.2. The molecule has 69 heavy (non-hydrogen) atoms. The molecule has 0 saturated carbocycles. The number of aryl methyl sites for hydroxylation is 3. The number of carbonyl (C=O) groups is 3. The van der Waals surface area contributed by atoms with E-state index in [9.17, 15) is 19.2 Å². The maximum atomic E-state index is 13.4. The Labute approximate surface area is 412 Å². The van der Waals surface area contributed by atoms with Gasteiger partial charge in [0.25, 0.3) is 11.5 Å². The summed E-state index contributed by atoms with van der Waals surface area (Å²) in [5, 5.41) is 23.4. The molecular formula is C48H54Cl2N12O6S. The minimum Gasteiger partial charge on any atom is -0.494 e. The Morgan fingerprint density at radius 2 is 1.67 bits per heavy atom. The van der Waals surface area contributed by atoms with Crippen LogP contribution in [-0.4, -0.2) is 99.7 Å². The number of amides is 3. The summed E-state index contributed by atoms with van der Waals surface area (Å²) in [6.45, 7) is 8.01. The third-order valence-electron chi connectivity index (χ3n) is 12.5. The highest BCUT2D eigenvalue weighted by Crippen LogP contribution is 2.40. The molecule has 0 unspecified atom stereocenters. The lowest BCUT2D eigenvalue weighted by Crippen LogP contribution is -2.41. The van der Waals surface area contributed by atoms with Crippen molar-refractivity contribution in [3.05, 3.63) is 102 Å². The van der Waals surface area contributed by atoms with E-state index in [0.717, 1.165) is 52.5 Å². The van der Waals surface area contributed by atoms with E-state index in [1.165, 1.54) is 29.8 Å². The molecule has 6 aromatic rings. The number of likely N-dealkylation sites (N-methyl/N-ethyl adjacent to an activating group) is 1. The molecule has 3 amide bonds. The van der Waals surface area contributed by atoms with Gasteiger partial charge in [0.2, 0.25) is 17.8 Å². The highest BCUT2D eigenvalue weighted by Gasteiger charge is 2.33. The molecule has 0 radical (unpaired) electrons.